The van der Waals surface area contributed by atoms with Gasteiger partial charge in [0.05, 0.1) is 18.7 Å². The van der Waals surface area contributed by atoms with Crippen LogP contribution in [0.1, 0.15) is 153 Å². The number of aromatic hydroxyl groups is 1. The van der Waals surface area contributed by atoms with Gasteiger partial charge >= 0.3 is 0 Å². The van der Waals surface area contributed by atoms with Crippen molar-refractivity contribution in [1.29, 1.82) is 0 Å². The van der Waals surface area contributed by atoms with Crippen LogP contribution < -0.4 is 70.4 Å². The van der Waals surface area contributed by atoms with Crippen molar-refractivity contribution in [1.82, 2.24) is 73.1 Å². The average Bonchev–Trinajstić information content (AvgIpc) is 1.36. The van der Waals surface area contributed by atoms with Crippen LogP contribution in [0.3, 0.4) is 0 Å². The first-order valence-electron chi connectivity index (χ1n) is 38.8. The molecule has 35 nitrogen and oxygen atoms in total. The number of hydrogen-bond donors (Lipinski definition) is 16. The second-order valence-electron chi connectivity index (χ2n) is 29.9. The number of carbonyl (C=O) groups excluding carboxylic acids is 13. The van der Waals surface area contributed by atoms with E-state index in [1.54, 1.807) is 88.4 Å². The zero-order valence-corrected chi connectivity index (χ0v) is 65.0. The summed E-state index contributed by atoms with van der Waals surface area (Å²) in [4.78, 5) is 190. The molecule has 3 fully saturated rings. The fourth-order valence-corrected chi connectivity index (χ4v) is 13.8. The van der Waals surface area contributed by atoms with Gasteiger partial charge in [0.25, 0.3) is 0 Å². The second kappa shape index (κ2) is 44.7. The predicted octanol–water partition coefficient (Wildman–Crippen LogP) is -1.47. The molecule has 19 N–H and O–H groups in total. The van der Waals surface area contributed by atoms with E-state index in [-0.39, 0.29) is 101 Å². The average molecular weight is 1580 g/mol. The Morgan fingerprint density at radius 1 is 0.575 bits per heavy atom. The van der Waals surface area contributed by atoms with Gasteiger partial charge < -0.3 is 100 Å². The number of primary amides is 2. The summed E-state index contributed by atoms with van der Waals surface area (Å²) in [5, 5.41) is 68.5. The number of carbonyl (C=O) groups is 13. The normalized spacial score (nSPS) is 25.8. The SMILES string of the molecule is CCCCCCCCC(=O)N[C@H]1[C@H](OC)O[C@H](Cn2cc(C[C@@H]3NC(=O)[C@@H]4CCCN4C(=O)[C@@H](Cc4ccccc4)NC(=O)[C@H](CC(C)C)NC(=O)[C@H](CCCN)NC(=O)[C@H](C(C)C)NC(=O)[C@H](Cc4ccc(O)cc4)NC(=O)[C@H](CCC(N)=O)NC(=O)[C@H](CC(N)=O)NC(=O)[C@@H](Cc4ccccc4)NC3=O)nn2)[C@@H](O)[C@@H]1O. The number of unbranched alkanes of at least 4 members (excludes halogenated alkanes) is 5. The third-order valence-corrected chi connectivity index (χ3v) is 19.9. The highest BCUT2D eigenvalue weighted by molar-refractivity contribution is 6.01. The van der Waals surface area contributed by atoms with Gasteiger partial charge in [-0.25, -0.2) is 4.68 Å². The molecule has 4 heterocycles. The molecule has 0 radical (unpaired) electrons. The molecule has 13 amide bonds. The summed E-state index contributed by atoms with van der Waals surface area (Å²) in [5.74, 6) is -13.2. The number of phenolic OH excluding ortho intramolecular Hbond substituents is 1. The number of methoxy groups -OCH3 is 1. The Labute approximate surface area is 657 Å². The number of amides is 13. The van der Waals surface area contributed by atoms with E-state index in [0.29, 0.717) is 23.1 Å². The van der Waals surface area contributed by atoms with E-state index in [1.807, 2.05) is 0 Å². The van der Waals surface area contributed by atoms with Gasteiger partial charge in [-0.15, -0.1) is 5.10 Å². The topological polar surface area (TPSA) is 533 Å². The molecule has 0 spiro atoms. The number of fused-ring (bicyclic) bond motifs is 1. The number of hydrogen-bond acceptors (Lipinski definition) is 21. The number of nitrogens with one attached hydrogen (secondary N) is 10. The number of rotatable bonds is 30. The van der Waals surface area contributed by atoms with Crippen LogP contribution in [0.4, 0.5) is 0 Å². The molecule has 1 aromatic heterocycles. The molecule has 3 aliphatic rings. The Morgan fingerprint density at radius 3 is 1.66 bits per heavy atom. The van der Waals surface area contributed by atoms with Gasteiger partial charge in [0.2, 0.25) is 76.8 Å². The van der Waals surface area contributed by atoms with Crippen molar-refractivity contribution in [2.45, 2.75) is 254 Å². The number of ether oxygens (including phenoxy) is 2. The van der Waals surface area contributed by atoms with Crippen LogP contribution in [0, 0.1) is 11.8 Å². The van der Waals surface area contributed by atoms with Gasteiger partial charge in [-0.05, 0) is 92.1 Å². The van der Waals surface area contributed by atoms with Crippen LogP contribution in [-0.4, -0.2) is 223 Å². The number of aromatic nitrogens is 3. The van der Waals surface area contributed by atoms with Crippen molar-refractivity contribution >= 4 is 76.8 Å². The van der Waals surface area contributed by atoms with Crippen LogP contribution in [-0.2, 0) is 104 Å². The van der Waals surface area contributed by atoms with Gasteiger partial charge in [-0.1, -0.05) is 145 Å². The first-order valence-corrected chi connectivity index (χ1v) is 38.8. The quantitative estimate of drug-likeness (QED) is 0.0265. The van der Waals surface area contributed by atoms with Crippen molar-refractivity contribution in [3.63, 3.8) is 0 Å². The predicted molar refractivity (Wildman–Crippen MR) is 410 cm³/mol. The third-order valence-electron chi connectivity index (χ3n) is 19.9. The molecular weight excluding hydrogens is 1460 g/mol. The Hall–Kier alpha value is -10.5. The second-order valence-corrected chi connectivity index (χ2v) is 29.9. The fraction of sp³-hybridized carbons (Fsp3) is 0.577. The maximum Gasteiger partial charge on any atom is 0.246 e. The molecule has 618 valence electrons. The van der Waals surface area contributed by atoms with Gasteiger partial charge in [0.1, 0.15) is 90.5 Å². The molecule has 15 atom stereocenters. The lowest BCUT2D eigenvalue weighted by molar-refractivity contribution is -0.259. The molecule has 0 bridgehead atoms. The maximum absolute atomic E-state index is 15.4. The van der Waals surface area contributed by atoms with Crippen LogP contribution in [0.2, 0.25) is 0 Å². The summed E-state index contributed by atoms with van der Waals surface area (Å²) in [6.07, 6.45) is -1.47. The molecule has 0 unspecified atom stereocenters. The minimum Gasteiger partial charge on any atom is -0.508 e. The number of phenols is 1. The lowest BCUT2D eigenvalue weighted by Gasteiger charge is -2.42. The number of nitrogens with zero attached hydrogens (tertiary/aromatic N) is 4. The van der Waals surface area contributed by atoms with Crippen LogP contribution in [0.15, 0.2) is 91.1 Å². The molecule has 7 rings (SSSR count). The summed E-state index contributed by atoms with van der Waals surface area (Å²) in [6, 6.07) is 5.53. The number of aliphatic hydroxyl groups excluding tert-OH is 2. The van der Waals surface area contributed by atoms with Crippen molar-refractivity contribution < 1.29 is 87.1 Å². The van der Waals surface area contributed by atoms with E-state index in [1.165, 1.54) is 47.2 Å². The van der Waals surface area contributed by atoms with Gasteiger partial charge in [-0.2, -0.15) is 0 Å². The van der Waals surface area contributed by atoms with Crippen LogP contribution in [0.5, 0.6) is 5.75 Å². The van der Waals surface area contributed by atoms with E-state index >= 15 is 24.0 Å². The Balaban J connectivity index is 1.30. The van der Waals surface area contributed by atoms with Crippen molar-refractivity contribution in [3.05, 3.63) is 114 Å². The third kappa shape index (κ3) is 28.0. The highest BCUT2D eigenvalue weighted by atomic mass is 16.7. The smallest absolute Gasteiger partial charge is 0.246 e. The van der Waals surface area contributed by atoms with Crippen LogP contribution in [0.25, 0.3) is 0 Å². The summed E-state index contributed by atoms with van der Waals surface area (Å²) in [7, 11) is 1.30. The first-order chi connectivity index (χ1) is 53.9. The Bertz CT molecular complexity index is 3850. The number of aliphatic hydroxyl groups is 2. The number of benzene rings is 3. The fourth-order valence-electron chi connectivity index (χ4n) is 13.8. The minimum absolute atomic E-state index is 0.00943. The summed E-state index contributed by atoms with van der Waals surface area (Å²) in [5.41, 5.74) is 18.7. The van der Waals surface area contributed by atoms with E-state index < -0.39 is 194 Å². The molecule has 0 aliphatic carbocycles. The molecule has 3 saturated heterocycles. The van der Waals surface area contributed by atoms with E-state index in [2.05, 4.69) is 70.4 Å². The summed E-state index contributed by atoms with van der Waals surface area (Å²) >= 11 is 0. The largest absolute Gasteiger partial charge is 0.508 e. The molecule has 35 heteroatoms. The lowest BCUT2D eigenvalue weighted by atomic mass is 9.96. The molecule has 3 aromatic carbocycles. The molecule has 4 aromatic rings. The van der Waals surface area contributed by atoms with Gasteiger partial charge in [0, 0.05) is 58.4 Å². The molecule has 113 heavy (non-hydrogen) atoms. The lowest BCUT2D eigenvalue weighted by Crippen LogP contribution is -2.64. The Morgan fingerprint density at radius 2 is 1.08 bits per heavy atom. The first kappa shape index (κ1) is 89.7. The van der Waals surface area contributed by atoms with Crippen LogP contribution >= 0.6 is 0 Å². The summed E-state index contributed by atoms with van der Waals surface area (Å²) in [6.45, 7) is 8.64. The van der Waals surface area contributed by atoms with Gasteiger partial charge in [-0.3, -0.25) is 62.3 Å². The zero-order valence-electron chi connectivity index (χ0n) is 65.0. The van der Waals surface area contributed by atoms with Crippen molar-refractivity contribution in [2.75, 3.05) is 20.2 Å². The monoisotopic (exact) mass is 1580 g/mol. The zero-order chi connectivity index (χ0) is 82.4. The summed E-state index contributed by atoms with van der Waals surface area (Å²) < 4.78 is 12.9. The van der Waals surface area contributed by atoms with Crippen molar-refractivity contribution in [2.24, 2.45) is 29.0 Å². The molecule has 0 saturated carbocycles. The highest BCUT2D eigenvalue weighted by Crippen LogP contribution is 2.26. The van der Waals surface area contributed by atoms with Crippen molar-refractivity contribution in [3.8, 4) is 5.75 Å². The van der Waals surface area contributed by atoms with E-state index in [9.17, 15) is 53.7 Å². The van der Waals surface area contributed by atoms with E-state index in [0.717, 1.165) is 32.1 Å². The highest BCUT2D eigenvalue weighted by Gasteiger charge is 2.47. The van der Waals surface area contributed by atoms with E-state index in [4.69, 9.17) is 26.7 Å². The molecule has 3 aliphatic heterocycles. The Kier molecular flexibility index (Phi) is 35.5. The minimum atomic E-state index is -1.95. The van der Waals surface area contributed by atoms with Gasteiger partial charge in [0.15, 0.2) is 6.29 Å². The number of nitrogens with two attached hydrogens (primary N) is 3. The standard InChI is InChI=1S/C78H113N17O18/c1-7-8-9-10-11-18-27-63(99)90-65-67(101)66(100)60(113-78(65)112-6)43-94-42-49(92-93-94)40-56-72(106)86-54(37-46-21-14-12-15-22-46)71(105)87-57(41-62(81)98)73(107)82-52(32-33-61(80)97)69(103)85-55(38-48-28-30-50(96)31-29-48)74(108)91-64(45(4)5)76(110)83-51(25-19-34-79)68(102)84-53(36-44(2)3)70(104)89-58(39-47-23-16-13-17-24-47)77(111)95-35-20-26-59(95)75(109)88-56/h12-17,21-24,28-31,42,44-45,51-60,64-67,78,96,100-101H,7-11,18-20,25-27,32-41,43,79H2,1-6H3,(H2,80,97)(H2,81,98)(H,82,107)(H,83,110)(H,84,102)(H,85,103)(H,86,106)(H,87,105)(H,88,109)(H,89,104)(H,90,99)(H,91,108)/t51-,52-,53-,54+,55-,56-,57-,58+,59-,60+,64-,65+,66+,67+,78+/m0/s1. The molecular formula is C78H113N17O18. The maximum atomic E-state index is 15.4.